The van der Waals surface area contributed by atoms with Crippen molar-refractivity contribution in [2.75, 3.05) is 37.4 Å². The van der Waals surface area contributed by atoms with Crippen molar-refractivity contribution in [2.24, 2.45) is 5.10 Å². The van der Waals surface area contributed by atoms with Crippen LogP contribution in [0.5, 0.6) is 5.75 Å². The number of rotatable bonds is 8. The van der Waals surface area contributed by atoms with Gasteiger partial charge in [-0.05, 0) is 44.5 Å². The zero-order chi connectivity index (χ0) is 17.3. The Morgan fingerprint density at radius 2 is 2.12 bits per heavy atom. The van der Waals surface area contributed by atoms with E-state index in [9.17, 15) is 0 Å². The van der Waals surface area contributed by atoms with Crippen LogP contribution in [0.25, 0.3) is 0 Å². The summed E-state index contributed by atoms with van der Waals surface area (Å²) in [6, 6.07) is 7.92. The fourth-order valence-corrected chi connectivity index (χ4v) is 3.42. The van der Waals surface area contributed by atoms with E-state index < -0.39 is 0 Å². The first kappa shape index (κ1) is 17.7. The summed E-state index contributed by atoms with van der Waals surface area (Å²) < 4.78 is 5.96. The van der Waals surface area contributed by atoms with Gasteiger partial charge in [-0.1, -0.05) is 18.6 Å². The second-order valence-electron chi connectivity index (χ2n) is 6.09. The van der Waals surface area contributed by atoms with E-state index >= 15 is 0 Å². The molecule has 134 valence electrons. The van der Waals surface area contributed by atoms with E-state index in [1.54, 1.807) is 11.6 Å². The number of hydrazone groups is 1. The molecule has 0 aliphatic carbocycles. The normalized spacial score (nSPS) is 15.5. The molecule has 1 saturated heterocycles. The number of para-hydroxylation sites is 1. The molecule has 1 aromatic carbocycles. The summed E-state index contributed by atoms with van der Waals surface area (Å²) in [4.78, 5) is 6.64. The predicted octanol–water partition coefficient (Wildman–Crippen LogP) is 3.43. The van der Waals surface area contributed by atoms with E-state index in [-0.39, 0.29) is 0 Å². The summed E-state index contributed by atoms with van der Waals surface area (Å²) >= 11 is 1.42. The van der Waals surface area contributed by atoms with Gasteiger partial charge in [0.25, 0.3) is 0 Å². The number of ether oxygens (including phenoxy) is 1. The minimum Gasteiger partial charge on any atom is -0.493 e. The molecular formula is C18H25N5OS. The van der Waals surface area contributed by atoms with Gasteiger partial charge in [0.05, 0.1) is 12.8 Å². The van der Waals surface area contributed by atoms with Crippen molar-refractivity contribution >= 4 is 28.5 Å². The number of nitrogens with two attached hydrogens (primary N) is 1. The van der Waals surface area contributed by atoms with Crippen LogP contribution >= 0.6 is 11.3 Å². The average molecular weight is 359 g/mol. The van der Waals surface area contributed by atoms with E-state index in [1.165, 1.54) is 43.7 Å². The first-order valence-electron chi connectivity index (χ1n) is 8.75. The minimum atomic E-state index is 0.500. The summed E-state index contributed by atoms with van der Waals surface area (Å²) in [5.74, 6) is 1.35. The average Bonchev–Trinajstić information content (AvgIpc) is 3.06. The Balaban J connectivity index is 1.46. The maximum absolute atomic E-state index is 5.96. The molecule has 0 atom stereocenters. The molecule has 0 radical (unpaired) electrons. The van der Waals surface area contributed by atoms with Crippen molar-refractivity contribution in [2.45, 2.75) is 25.7 Å². The van der Waals surface area contributed by atoms with Gasteiger partial charge in [-0.25, -0.2) is 4.98 Å². The van der Waals surface area contributed by atoms with E-state index in [0.717, 1.165) is 30.9 Å². The molecule has 1 fully saturated rings. The van der Waals surface area contributed by atoms with Crippen LogP contribution in [0.4, 0.5) is 10.9 Å². The molecule has 0 amide bonds. The van der Waals surface area contributed by atoms with E-state index in [0.29, 0.717) is 10.9 Å². The second-order valence-corrected chi connectivity index (χ2v) is 6.95. The zero-order valence-corrected chi connectivity index (χ0v) is 15.2. The smallest absolute Gasteiger partial charge is 0.205 e. The first-order chi connectivity index (χ1) is 12.3. The maximum atomic E-state index is 5.96. The summed E-state index contributed by atoms with van der Waals surface area (Å²) in [5, 5.41) is 6.67. The van der Waals surface area contributed by atoms with Gasteiger partial charge in [0.1, 0.15) is 11.6 Å². The van der Waals surface area contributed by atoms with Crippen molar-refractivity contribution in [3.8, 4) is 5.75 Å². The molecule has 2 heterocycles. The first-order valence-corrected chi connectivity index (χ1v) is 9.63. The van der Waals surface area contributed by atoms with Crippen LogP contribution in [-0.2, 0) is 0 Å². The number of thiazole rings is 1. The van der Waals surface area contributed by atoms with Crippen LogP contribution in [0.15, 0.2) is 34.7 Å². The molecule has 3 N–H and O–H groups in total. The largest absolute Gasteiger partial charge is 0.493 e. The van der Waals surface area contributed by atoms with Gasteiger partial charge in [-0.3, -0.25) is 5.43 Å². The summed E-state index contributed by atoms with van der Waals surface area (Å²) in [6.45, 7) is 4.30. The Kier molecular flexibility index (Phi) is 6.64. The number of aromatic nitrogens is 1. The lowest BCUT2D eigenvalue weighted by molar-refractivity contribution is 0.205. The van der Waals surface area contributed by atoms with Gasteiger partial charge >= 0.3 is 0 Å². The summed E-state index contributed by atoms with van der Waals surface area (Å²) in [5.41, 5.74) is 9.42. The molecule has 7 heteroatoms. The quantitative estimate of drug-likeness (QED) is 0.429. The number of piperidine rings is 1. The monoisotopic (exact) mass is 359 g/mol. The van der Waals surface area contributed by atoms with Gasteiger partial charge in [-0.15, -0.1) is 11.3 Å². The lowest BCUT2D eigenvalue weighted by Crippen LogP contribution is -2.31. The SMILES string of the molecule is Nc1csc(NN=Cc2ccccc2OCCCN2CCCCC2)n1. The van der Waals surface area contributed by atoms with Gasteiger partial charge < -0.3 is 15.4 Å². The number of benzene rings is 1. The molecule has 1 aromatic heterocycles. The highest BCUT2D eigenvalue weighted by Crippen LogP contribution is 2.18. The second kappa shape index (κ2) is 9.39. The molecule has 3 rings (SSSR count). The van der Waals surface area contributed by atoms with Crippen molar-refractivity contribution < 1.29 is 4.74 Å². The lowest BCUT2D eigenvalue weighted by Gasteiger charge is -2.26. The third-order valence-corrected chi connectivity index (χ3v) is 4.89. The Labute approximate surface area is 152 Å². The Bertz CT molecular complexity index is 682. The summed E-state index contributed by atoms with van der Waals surface area (Å²) in [6.07, 6.45) is 6.83. The lowest BCUT2D eigenvalue weighted by atomic mass is 10.1. The number of nitrogen functional groups attached to an aromatic ring is 1. The minimum absolute atomic E-state index is 0.500. The molecule has 6 nitrogen and oxygen atoms in total. The summed E-state index contributed by atoms with van der Waals surface area (Å²) in [7, 11) is 0. The number of nitrogens with one attached hydrogen (secondary N) is 1. The fraction of sp³-hybridized carbons (Fsp3) is 0.444. The third kappa shape index (κ3) is 5.72. The van der Waals surface area contributed by atoms with Crippen LogP contribution in [0.2, 0.25) is 0 Å². The molecule has 25 heavy (non-hydrogen) atoms. The van der Waals surface area contributed by atoms with Gasteiger partial charge in [0, 0.05) is 17.5 Å². The Morgan fingerprint density at radius 1 is 1.28 bits per heavy atom. The number of likely N-dealkylation sites (tertiary alicyclic amines) is 1. The molecule has 0 bridgehead atoms. The molecule has 2 aromatic rings. The van der Waals surface area contributed by atoms with Crippen LogP contribution in [-0.4, -0.2) is 42.3 Å². The molecule has 0 saturated carbocycles. The molecule has 0 spiro atoms. The van der Waals surface area contributed by atoms with Crippen molar-refractivity contribution in [3.63, 3.8) is 0 Å². The maximum Gasteiger partial charge on any atom is 0.205 e. The Morgan fingerprint density at radius 3 is 2.92 bits per heavy atom. The molecule has 0 unspecified atom stereocenters. The van der Waals surface area contributed by atoms with Gasteiger partial charge in [0.2, 0.25) is 5.13 Å². The number of nitrogens with zero attached hydrogens (tertiary/aromatic N) is 3. The molecule has 1 aliphatic rings. The molecular weight excluding hydrogens is 334 g/mol. The van der Waals surface area contributed by atoms with E-state index in [1.807, 2.05) is 24.3 Å². The topological polar surface area (TPSA) is 75.8 Å². The highest BCUT2D eigenvalue weighted by atomic mass is 32.1. The van der Waals surface area contributed by atoms with Gasteiger partial charge in [0.15, 0.2) is 0 Å². The van der Waals surface area contributed by atoms with Crippen molar-refractivity contribution in [1.29, 1.82) is 0 Å². The number of hydrogen-bond donors (Lipinski definition) is 2. The highest BCUT2D eigenvalue weighted by Gasteiger charge is 2.09. The number of anilines is 2. The number of hydrogen-bond acceptors (Lipinski definition) is 7. The van der Waals surface area contributed by atoms with E-state index in [4.69, 9.17) is 10.5 Å². The zero-order valence-electron chi connectivity index (χ0n) is 14.4. The Hall–Kier alpha value is -2.12. The van der Waals surface area contributed by atoms with Crippen LogP contribution in [0, 0.1) is 0 Å². The van der Waals surface area contributed by atoms with Crippen molar-refractivity contribution in [3.05, 3.63) is 35.2 Å². The van der Waals surface area contributed by atoms with E-state index in [2.05, 4.69) is 20.4 Å². The van der Waals surface area contributed by atoms with Gasteiger partial charge in [-0.2, -0.15) is 5.10 Å². The fourth-order valence-electron chi connectivity index (χ4n) is 2.87. The third-order valence-electron chi connectivity index (χ3n) is 4.13. The predicted molar refractivity (Wildman–Crippen MR) is 105 cm³/mol. The van der Waals surface area contributed by atoms with Crippen LogP contribution in [0.3, 0.4) is 0 Å². The van der Waals surface area contributed by atoms with Crippen LogP contribution in [0.1, 0.15) is 31.2 Å². The highest BCUT2D eigenvalue weighted by molar-refractivity contribution is 7.14. The van der Waals surface area contributed by atoms with Crippen molar-refractivity contribution in [1.82, 2.24) is 9.88 Å². The standard InChI is InChI=1S/C18H25N5OS/c19-17-14-25-18(21-17)22-20-13-15-7-2-3-8-16(15)24-12-6-11-23-9-4-1-5-10-23/h2-3,7-8,13-14H,1,4-6,9-12,19H2,(H,21,22). The molecule has 1 aliphatic heterocycles. The van der Waals surface area contributed by atoms with Crippen LogP contribution < -0.4 is 15.9 Å².